The topological polar surface area (TPSA) is 26.3 Å². The van der Waals surface area contributed by atoms with Crippen LogP contribution in [0.5, 0.6) is 0 Å². The predicted octanol–water partition coefficient (Wildman–Crippen LogP) is 7.66. The van der Waals surface area contributed by atoms with Crippen molar-refractivity contribution in [1.82, 2.24) is 0 Å². The Balaban J connectivity index is 3.57. The summed E-state index contributed by atoms with van der Waals surface area (Å²) in [4.78, 5) is 11.4. The Kier molecular flexibility index (Phi) is 19.6. The molecule has 0 heterocycles. The highest BCUT2D eigenvalue weighted by Gasteiger charge is 2.02. The molecule has 28 heavy (non-hydrogen) atoms. The number of carbonyl (C=O) groups excluding carboxylic acids is 1. The van der Waals surface area contributed by atoms with Crippen LogP contribution in [0.4, 0.5) is 0 Å². The Morgan fingerprint density at radius 1 is 0.679 bits per heavy atom. The molecule has 0 saturated heterocycles. The van der Waals surface area contributed by atoms with Gasteiger partial charge in [-0.05, 0) is 50.9 Å². The van der Waals surface area contributed by atoms with Crippen LogP contribution in [0, 0.1) is 5.92 Å². The van der Waals surface area contributed by atoms with Gasteiger partial charge in [0.1, 0.15) is 0 Å². The Labute approximate surface area is 173 Å². The summed E-state index contributed by atoms with van der Waals surface area (Å²) in [5.74, 6) is 0.294. The van der Waals surface area contributed by atoms with Gasteiger partial charge in [-0.1, -0.05) is 93.7 Å². The summed E-state index contributed by atoms with van der Waals surface area (Å²) >= 11 is 0. The lowest BCUT2D eigenvalue weighted by molar-refractivity contribution is -0.144. The average Bonchev–Trinajstić information content (AvgIpc) is 2.68. The molecule has 0 bridgehead atoms. The highest BCUT2D eigenvalue weighted by molar-refractivity contribution is 5.69. The van der Waals surface area contributed by atoms with E-state index in [1.165, 1.54) is 0 Å². The first-order chi connectivity index (χ1) is 13.7. The summed E-state index contributed by atoms with van der Waals surface area (Å²) < 4.78 is 5.14. The minimum atomic E-state index is -0.103. The van der Waals surface area contributed by atoms with E-state index in [4.69, 9.17) is 4.74 Å². The fourth-order valence-electron chi connectivity index (χ4n) is 2.17. The summed E-state index contributed by atoms with van der Waals surface area (Å²) in [6.45, 7) is 6.75. The lowest BCUT2D eigenvalue weighted by Crippen LogP contribution is -2.09. The Hall–Kier alpha value is -2.09. The predicted molar refractivity (Wildman–Crippen MR) is 123 cm³/mol. The van der Waals surface area contributed by atoms with Crippen LogP contribution >= 0.6 is 0 Å². The van der Waals surface area contributed by atoms with E-state index in [1.54, 1.807) is 0 Å². The van der Waals surface area contributed by atoms with E-state index in [0.29, 0.717) is 18.9 Å². The fraction of sp³-hybridized carbons (Fsp3) is 0.500. The number of hydrogen-bond acceptors (Lipinski definition) is 2. The normalized spacial score (nSPS) is 13.0. The summed E-state index contributed by atoms with van der Waals surface area (Å²) in [5.41, 5.74) is 0. The van der Waals surface area contributed by atoms with Crippen LogP contribution in [0.1, 0.15) is 72.1 Å². The molecule has 2 heteroatoms. The van der Waals surface area contributed by atoms with E-state index in [2.05, 4.69) is 79.8 Å². The first-order valence-corrected chi connectivity index (χ1v) is 10.7. The Bertz CT molecular complexity index is 531. The number of hydrogen-bond donors (Lipinski definition) is 0. The zero-order valence-corrected chi connectivity index (χ0v) is 18.2. The SMILES string of the molecule is CC/C=C\C/C=C\C/C=C\C/C=C\C/C=C\C/C=C\CCC(=O)OCC(C)C. The zero-order chi connectivity index (χ0) is 20.7. The molecular weight excluding hydrogens is 344 g/mol. The third-order valence-electron chi connectivity index (χ3n) is 3.69. The number of ether oxygens (including phenoxy) is 1. The molecule has 0 N–H and O–H groups in total. The van der Waals surface area contributed by atoms with Gasteiger partial charge < -0.3 is 4.74 Å². The van der Waals surface area contributed by atoms with Crippen LogP contribution in [0.25, 0.3) is 0 Å². The lowest BCUT2D eigenvalue weighted by Gasteiger charge is -2.05. The summed E-state index contributed by atoms with van der Waals surface area (Å²) in [7, 11) is 0. The van der Waals surface area contributed by atoms with E-state index in [-0.39, 0.29) is 5.97 Å². The summed E-state index contributed by atoms with van der Waals surface area (Å²) in [6.07, 6.45) is 33.4. The minimum absolute atomic E-state index is 0.103. The second kappa shape index (κ2) is 21.2. The van der Waals surface area contributed by atoms with Crippen molar-refractivity contribution in [3.05, 3.63) is 72.9 Å². The van der Waals surface area contributed by atoms with Crippen LogP contribution in [0.15, 0.2) is 72.9 Å². The highest BCUT2D eigenvalue weighted by atomic mass is 16.5. The van der Waals surface area contributed by atoms with Gasteiger partial charge in [0, 0.05) is 6.42 Å². The van der Waals surface area contributed by atoms with Gasteiger partial charge >= 0.3 is 5.97 Å². The smallest absolute Gasteiger partial charge is 0.306 e. The molecule has 0 rings (SSSR count). The molecule has 0 aromatic carbocycles. The van der Waals surface area contributed by atoms with E-state index in [1.807, 2.05) is 13.8 Å². The molecule has 156 valence electrons. The molecule has 0 unspecified atom stereocenters. The molecule has 0 aliphatic carbocycles. The third kappa shape index (κ3) is 22.0. The number of allylic oxidation sites excluding steroid dienone is 12. The average molecular weight is 385 g/mol. The van der Waals surface area contributed by atoms with Gasteiger partial charge in [0.2, 0.25) is 0 Å². The summed E-state index contributed by atoms with van der Waals surface area (Å²) in [5, 5.41) is 0. The molecule has 0 saturated carbocycles. The first kappa shape index (κ1) is 25.9. The van der Waals surface area contributed by atoms with Gasteiger partial charge in [-0.25, -0.2) is 0 Å². The largest absolute Gasteiger partial charge is 0.465 e. The van der Waals surface area contributed by atoms with Gasteiger partial charge in [0.05, 0.1) is 6.61 Å². The number of rotatable bonds is 16. The molecule has 0 spiro atoms. The van der Waals surface area contributed by atoms with Crippen molar-refractivity contribution in [3.8, 4) is 0 Å². The minimum Gasteiger partial charge on any atom is -0.465 e. The van der Waals surface area contributed by atoms with Crippen LogP contribution in [-0.2, 0) is 9.53 Å². The highest BCUT2D eigenvalue weighted by Crippen LogP contribution is 2.00. The van der Waals surface area contributed by atoms with E-state index >= 15 is 0 Å². The van der Waals surface area contributed by atoms with Crippen molar-refractivity contribution in [2.75, 3.05) is 6.61 Å². The number of carbonyl (C=O) groups is 1. The second-order valence-electron chi connectivity index (χ2n) is 7.03. The molecule has 0 aromatic heterocycles. The van der Waals surface area contributed by atoms with Crippen LogP contribution in [-0.4, -0.2) is 12.6 Å². The lowest BCUT2D eigenvalue weighted by atomic mass is 10.2. The van der Waals surface area contributed by atoms with Crippen LogP contribution < -0.4 is 0 Å². The van der Waals surface area contributed by atoms with Crippen molar-refractivity contribution in [2.45, 2.75) is 72.1 Å². The second-order valence-corrected chi connectivity index (χ2v) is 7.03. The quantitative estimate of drug-likeness (QED) is 0.202. The van der Waals surface area contributed by atoms with E-state index < -0.39 is 0 Å². The van der Waals surface area contributed by atoms with Gasteiger partial charge in [0.25, 0.3) is 0 Å². The maximum atomic E-state index is 11.4. The van der Waals surface area contributed by atoms with Crippen molar-refractivity contribution in [1.29, 1.82) is 0 Å². The van der Waals surface area contributed by atoms with Gasteiger partial charge in [-0.2, -0.15) is 0 Å². The van der Waals surface area contributed by atoms with E-state index in [9.17, 15) is 4.79 Å². The van der Waals surface area contributed by atoms with Gasteiger partial charge in [0.15, 0.2) is 0 Å². The first-order valence-electron chi connectivity index (χ1n) is 10.7. The van der Waals surface area contributed by atoms with E-state index in [0.717, 1.165) is 44.9 Å². The maximum Gasteiger partial charge on any atom is 0.306 e. The Morgan fingerprint density at radius 3 is 1.46 bits per heavy atom. The standard InChI is InChI=1S/C26H40O2/c1-4-5-6-7-8-9-10-11-12-13-14-15-16-17-18-19-20-21-22-23-26(27)28-24-25(2)3/h5-6,8-9,11-12,14-15,17-18,20-21,25H,4,7,10,13,16,19,22-24H2,1-3H3/b6-5-,9-8-,12-11-,15-14-,18-17-,21-20-. The molecule has 2 nitrogen and oxygen atoms in total. The zero-order valence-electron chi connectivity index (χ0n) is 18.2. The molecule has 0 aliphatic rings. The van der Waals surface area contributed by atoms with Crippen molar-refractivity contribution >= 4 is 5.97 Å². The van der Waals surface area contributed by atoms with Crippen molar-refractivity contribution in [3.63, 3.8) is 0 Å². The molecule has 0 aliphatic heterocycles. The van der Waals surface area contributed by atoms with Crippen LogP contribution in [0.2, 0.25) is 0 Å². The number of esters is 1. The Morgan fingerprint density at radius 2 is 1.07 bits per heavy atom. The van der Waals surface area contributed by atoms with Gasteiger partial charge in [-0.3, -0.25) is 4.79 Å². The summed E-state index contributed by atoms with van der Waals surface area (Å²) in [6, 6.07) is 0. The molecule has 0 atom stereocenters. The molecule has 0 radical (unpaired) electrons. The van der Waals surface area contributed by atoms with Crippen molar-refractivity contribution < 1.29 is 9.53 Å². The van der Waals surface area contributed by atoms with Crippen molar-refractivity contribution in [2.24, 2.45) is 5.92 Å². The molecule has 0 fully saturated rings. The van der Waals surface area contributed by atoms with Gasteiger partial charge in [-0.15, -0.1) is 0 Å². The maximum absolute atomic E-state index is 11.4. The van der Waals surface area contributed by atoms with Crippen LogP contribution in [0.3, 0.4) is 0 Å². The third-order valence-corrected chi connectivity index (χ3v) is 3.69. The molecular formula is C26H40O2. The monoisotopic (exact) mass is 384 g/mol. The molecule has 0 aromatic rings. The molecule has 0 amide bonds. The fourth-order valence-corrected chi connectivity index (χ4v) is 2.17.